The van der Waals surface area contributed by atoms with Gasteiger partial charge in [0.2, 0.25) is 5.91 Å². The summed E-state index contributed by atoms with van der Waals surface area (Å²) in [5.74, 6) is 0.0893. The predicted molar refractivity (Wildman–Crippen MR) is 91.6 cm³/mol. The van der Waals surface area contributed by atoms with Crippen molar-refractivity contribution >= 4 is 24.0 Å². The summed E-state index contributed by atoms with van der Waals surface area (Å²) in [4.78, 5) is 24.5. The molecule has 1 aromatic carbocycles. The van der Waals surface area contributed by atoms with Crippen LogP contribution in [0.5, 0.6) is 0 Å². The number of hydrogen-bond acceptors (Lipinski definition) is 4. The van der Waals surface area contributed by atoms with Gasteiger partial charge < -0.3 is 10.6 Å². The maximum atomic E-state index is 12.3. The number of carbonyl (C=O) groups is 1. The molecular weight excluding hydrogens is 318 g/mol. The number of nitrogens with two attached hydrogens (primary N) is 1. The van der Waals surface area contributed by atoms with Crippen molar-refractivity contribution in [3.05, 3.63) is 39.9 Å². The number of rotatable bonds is 4. The zero-order chi connectivity index (χ0) is 16.3. The van der Waals surface area contributed by atoms with Crippen molar-refractivity contribution in [3.63, 3.8) is 0 Å². The maximum Gasteiger partial charge on any atom is 0.269 e. The minimum atomic E-state index is -0.417. The fourth-order valence-corrected chi connectivity index (χ4v) is 2.82. The first kappa shape index (κ1) is 19.4. The number of carbonyl (C=O) groups excluding carboxylic acids is 1. The molecule has 0 radical (unpaired) electrons. The Balaban J connectivity index is 0.00000264. The second kappa shape index (κ2) is 7.75. The van der Waals surface area contributed by atoms with E-state index in [1.807, 2.05) is 11.0 Å². The van der Waals surface area contributed by atoms with Crippen LogP contribution >= 0.6 is 12.4 Å². The average molecular weight is 342 g/mol. The van der Waals surface area contributed by atoms with E-state index in [4.69, 9.17) is 5.73 Å². The van der Waals surface area contributed by atoms with Gasteiger partial charge in [-0.15, -0.1) is 12.4 Å². The molecule has 1 aliphatic rings. The van der Waals surface area contributed by atoms with Crippen LogP contribution in [0.15, 0.2) is 24.3 Å². The van der Waals surface area contributed by atoms with E-state index in [2.05, 4.69) is 13.8 Å². The van der Waals surface area contributed by atoms with Crippen molar-refractivity contribution < 1.29 is 9.72 Å². The first-order valence-corrected chi connectivity index (χ1v) is 7.56. The van der Waals surface area contributed by atoms with Gasteiger partial charge in [-0.3, -0.25) is 14.9 Å². The topological polar surface area (TPSA) is 89.5 Å². The number of benzene rings is 1. The van der Waals surface area contributed by atoms with Gasteiger partial charge in [0, 0.05) is 37.7 Å². The third kappa shape index (κ3) is 4.91. The molecule has 23 heavy (non-hydrogen) atoms. The van der Waals surface area contributed by atoms with E-state index in [1.165, 1.54) is 12.1 Å². The molecule has 0 spiro atoms. The van der Waals surface area contributed by atoms with Crippen LogP contribution in [0.2, 0.25) is 0 Å². The van der Waals surface area contributed by atoms with Crippen molar-refractivity contribution in [3.8, 4) is 0 Å². The molecule has 0 aromatic heterocycles. The van der Waals surface area contributed by atoms with E-state index in [0.29, 0.717) is 25.9 Å². The van der Waals surface area contributed by atoms with E-state index in [9.17, 15) is 14.9 Å². The van der Waals surface area contributed by atoms with Crippen LogP contribution in [-0.4, -0.2) is 34.9 Å². The van der Waals surface area contributed by atoms with Gasteiger partial charge in [0.25, 0.3) is 5.69 Å². The SMILES string of the molecule is CC1(C)CN(C(=O)CCc2cccc([N+](=O)[O-])c2)CCC1N.Cl. The van der Waals surface area contributed by atoms with Gasteiger partial charge in [-0.1, -0.05) is 26.0 Å². The molecule has 0 saturated carbocycles. The highest BCUT2D eigenvalue weighted by molar-refractivity contribution is 5.85. The molecule has 2 N–H and O–H groups in total. The summed E-state index contributed by atoms with van der Waals surface area (Å²) in [5, 5.41) is 10.8. The Kier molecular flexibility index (Phi) is 6.53. The lowest BCUT2D eigenvalue weighted by atomic mass is 9.79. The van der Waals surface area contributed by atoms with Crippen LogP contribution in [0, 0.1) is 15.5 Å². The smallest absolute Gasteiger partial charge is 0.269 e. The minimum absolute atomic E-state index is 0. The van der Waals surface area contributed by atoms with Crippen molar-refractivity contribution in [2.45, 2.75) is 39.2 Å². The Morgan fingerprint density at radius 2 is 2.17 bits per heavy atom. The second-order valence-corrected chi connectivity index (χ2v) is 6.63. The quantitative estimate of drug-likeness (QED) is 0.673. The number of nitro benzene ring substituents is 1. The standard InChI is InChI=1S/C16H23N3O3.ClH/c1-16(2)11-18(9-8-14(16)17)15(20)7-6-12-4-3-5-13(10-12)19(21)22;/h3-5,10,14H,6-9,11,17H2,1-2H3;1H. The highest BCUT2D eigenvalue weighted by Crippen LogP contribution is 2.28. The van der Waals surface area contributed by atoms with Crippen LogP contribution in [-0.2, 0) is 11.2 Å². The molecule has 7 heteroatoms. The molecule has 0 aliphatic carbocycles. The largest absolute Gasteiger partial charge is 0.342 e. The van der Waals surface area contributed by atoms with Crippen molar-refractivity contribution in [1.29, 1.82) is 0 Å². The zero-order valence-electron chi connectivity index (χ0n) is 13.5. The summed E-state index contributed by atoms with van der Waals surface area (Å²) in [5.41, 5.74) is 6.89. The number of halogens is 1. The monoisotopic (exact) mass is 341 g/mol. The molecule has 1 unspecified atom stereocenters. The van der Waals surface area contributed by atoms with Crippen LogP contribution in [0.3, 0.4) is 0 Å². The van der Waals surface area contributed by atoms with Gasteiger partial charge >= 0.3 is 0 Å². The normalized spacial score (nSPS) is 19.8. The highest BCUT2D eigenvalue weighted by Gasteiger charge is 2.35. The zero-order valence-corrected chi connectivity index (χ0v) is 14.3. The molecule has 1 atom stereocenters. The lowest BCUT2D eigenvalue weighted by Gasteiger charge is -2.42. The molecule has 1 aromatic rings. The van der Waals surface area contributed by atoms with E-state index in [-0.39, 0.29) is 35.5 Å². The third-order valence-electron chi connectivity index (χ3n) is 4.41. The summed E-state index contributed by atoms with van der Waals surface area (Å²) < 4.78 is 0. The Hall–Kier alpha value is -1.66. The Labute approximate surface area is 142 Å². The predicted octanol–water partition coefficient (Wildman–Crippen LogP) is 2.54. The summed E-state index contributed by atoms with van der Waals surface area (Å²) >= 11 is 0. The summed E-state index contributed by atoms with van der Waals surface area (Å²) in [7, 11) is 0. The number of likely N-dealkylation sites (tertiary alicyclic amines) is 1. The first-order chi connectivity index (χ1) is 10.3. The molecule has 2 rings (SSSR count). The lowest BCUT2D eigenvalue weighted by Crippen LogP contribution is -2.54. The summed E-state index contributed by atoms with van der Waals surface area (Å²) in [6, 6.07) is 6.58. The number of nitro groups is 1. The Morgan fingerprint density at radius 3 is 2.78 bits per heavy atom. The van der Waals surface area contributed by atoms with E-state index >= 15 is 0 Å². The second-order valence-electron chi connectivity index (χ2n) is 6.63. The van der Waals surface area contributed by atoms with Gasteiger partial charge in [-0.2, -0.15) is 0 Å². The number of aryl methyl sites for hydroxylation is 1. The Morgan fingerprint density at radius 1 is 1.48 bits per heavy atom. The summed E-state index contributed by atoms with van der Waals surface area (Å²) in [6.07, 6.45) is 1.70. The molecular formula is C16H24ClN3O3. The maximum absolute atomic E-state index is 12.3. The van der Waals surface area contributed by atoms with Gasteiger partial charge in [0.15, 0.2) is 0 Å². The molecule has 1 saturated heterocycles. The summed E-state index contributed by atoms with van der Waals surface area (Å²) in [6.45, 7) is 5.52. The number of nitrogens with zero attached hydrogens (tertiary/aromatic N) is 2. The number of hydrogen-bond donors (Lipinski definition) is 1. The van der Waals surface area contributed by atoms with Gasteiger partial charge in [-0.05, 0) is 23.8 Å². The van der Waals surface area contributed by atoms with E-state index < -0.39 is 4.92 Å². The molecule has 128 valence electrons. The molecule has 1 aliphatic heterocycles. The average Bonchev–Trinajstić information content (AvgIpc) is 2.47. The molecule has 1 amide bonds. The van der Waals surface area contributed by atoms with Gasteiger partial charge in [-0.25, -0.2) is 0 Å². The van der Waals surface area contributed by atoms with E-state index in [0.717, 1.165) is 12.0 Å². The Bertz CT molecular complexity index is 577. The van der Waals surface area contributed by atoms with Gasteiger partial charge in [0.1, 0.15) is 0 Å². The van der Waals surface area contributed by atoms with Crippen LogP contribution in [0.25, 0.3) is 0 Å². The minimum Gasteiger partial charge on any atom is -0.342 e. The van der Waals surface area contributed by atoms with E-state index in [1.54, 1.807) is 6.07 Å². The van der Waals surface area contributed by atoms with Crippen molar-refractivity contribution in [1.82, 2.24) is 4.90 Å². The fraction of sp³-hybridized carbons (Fsp3) is 0.562. The van der Waals surface area contributed by atoms with Crippen molar-refractivity contribution in [2.24, 2.45) is 11.1 Å². The van der Waals surface area contributed by atoms with Crippen LogP contribution in [0.1, 0.15) is 32.3 Å². The third-order valence-corrected chi connectivity index (χ3v) is 4.41. The highest BCUT2D eigenvalue weighted by atomic mass is 35.5. The molecule has 1 fully saturated rings. The molecule has 6 nitrogen and oxygen atoms in total. The molecule has 0 bridgehead atoms. The first-order valence-electron chi connectivity index (χ1n) is 7.56. The van der Waals surface area contributed by atoms with Crippen LogP contribution < -0.4 is 5.73 Å². The number of non-ortho nitro benzene ring substituents is 1. The molecule has 1 heterocycles. The fourth-order valence-electron chi connectivity index (χ4n) is 2.82. The van der Waals surface area contributed by atoms with Crippen molar-refractivity contribution in [2.75, 3.05) is 13.1 Å². The number of piperidine rings is 1. The lowest BCUT2D eigenvalue weighted by molar-refractivity contribution is -0.384. The van der Waals surface area contributed by atoms with Gasteiger partial charge in [0.05, 0.1) is 4.92 Å². The van der Waals surface area contributed by atoms with Crippen LogP contribution in [0.4, 0.5) is 5.69 Å². The number of amides is 1.